The van der Waals surface area contributed by atoms with E-state index in [1.807, 2.05) is 30.0 Å². The van der Waals surface area contributed by atoms with Crippen molar-refractivity contribution in [2.24, 2.45) is 0 Å². The van der Waals surface area contributed by atoms with Gasteiger partial charge >= 0.3 is 5.97 Å². The van der Waals surface area contributed by atoms with Gasteiger partial charge in [-0.2, -0.15) is 11.8 Å². The first-order valence-corrected chi connectivity index (χ1v) is 14.2. The number of carbonyl (C=O) groups is 2. The van der Waals surface area contributed by atoms with E-state index in [1.54, 1.807) is 6.07 Å². The van der Waals surface area contributed by atoms with Crippen molar-refractivity contribution in [3.05, 3.63) is 24.3 Å². The summed E-state index contributed by atoms with van der Waals surface area (Å²) >= 11 is 1.95. The number of thioether (sulfide) groups is 1. The lowest BCUT2D eigenvalue weighted by atomic mass is 10.0. The molecule has 1 rings (SSSR count). The van der Waals surface area contributed by atoms with Crippen LogP contribution in [0.4, 0.5) is 5.69 Å². The molecule has 1 amide bonds. The summed E-state index contributed by atoms with van der Waals surface area (Å²) in [5.41, 5.74) is 0.651. The topological polar surface area (TPSA) is 75.6 Å². The normalized spacial score (nSPS) is 10.8. The van der Waals surface area contributed by atoms with Crippen molar-refractivity contribution in [2.45, 2.75) is 103 Å². The Labute approximate surface area is 205 Å². The maximum absolute atomic E-state index is 12.3. The molecule has 6 heteroatoms. The highest BCUT2D eigenvalue weighted by Crippen LogP contribution is 2.24. The molecule has 0 atom stereocenters. The third-order valence-corrected chi connectivity index (χ3v) is 6.40. The van der Waals surface area contributed by atoms with Crippen LogP contribution in [0.2, 0.25) is 0 Å². The van der Waals surface area contributed by atoms with Gasteiger partial charge < -0.3 is 15.2 Å². The second-order valence-electron chi connectivity index (χ2n) is 8.73. The quantitative estimate of drug-likeness (QED) is 0.167. The van der Waals surface area contributed by atoms with Gasteiger partial charge in [-0.15, -0.1) is 0 Å². The molecule has 0 spiro atoms. The number of rotatable bonds is 22. The summed E-state index contributed by atoms with van der Waals surface area (Å²) in [7, 11) is 0. The van der Waals surface area contributed by atoms with Crippen molar-refractivity contribution in [3.63, 3.8) is 0 Å². The summed E-state index contributed by atoms with van der Waals surface area (Å²) in [5, 5.41) is 11.6. The number of carboxylic acid groups (broad SMARTS) is 1. The first kappa shape index (κ1) is 29.3. The smallest absolute Gasteiger partial charge is 0.303 e. The number of carboxylic acids is 1. The first-order chi connectivity index (χ1) is 16.1. The molecular formula is C27H45NO4S. The molecular weight excluding hydrogens is 434 g/mol. The van der Waals surface area contributed by atoms with Crippen LogP contribution in [0.3, 0.4) is 0 Å². The van der Waals surface area contributed by atoms with E-state index in [0.717, 1.165) is 12.8 Å². The van der Waals surface area contributed by atoms with Gasteiger partial charge in [0.05, 0.1) is 12.3 Å². The number of para-hydroxylation sites is 2. The van der Waals surface area contributed by atoms with Crippen LogP contribution in [0.25, 0.3) is 0 Å². The predicted molar refractivity (Wildman–Crippen MR) is 140 cm³/mol. The Hall–Kier alpha value is -1.69. The summed E-state index contributed by atoms with van der Waals surface area (Å²) in [6.07, 6.45) is 20.1. The molecule has 188 valence electrons. The Bertz CT molecular complexity index is 638. The molecule has 0 aliphatic carbocycles. The predicted octanol–water partition coefficient (Wildman–Crippen LogP) is 7.69. The fourth-order valence-electron chi connectivity index (χ4n) is 3.79. The number of amides is 1. The second-order valence-corrected chi connectivity index (χ2v) is 9.71. The van der Waals surface area contributed by atoms with Gasteiger partial charge in [0.2, 0.25) is 5.91 Å². The number of hydrogen-bond donors (Lipinski definition) is 2. The highest BCUT2D eigenvalue weighted by Gasteiger charge is 2.08. The Morgan fingerprint density at radius 2 is 1.33 bits per heavy atom. The minimum absolute atomic E-state index is 0.00466. The SMILES string of the molecule is CSCCCCCCCCCCCCCCCC(=O)Nc1ccccc1OCCCC(=O)O. The zero-order valence-electron chi connectivity index (χ0n) is 20.6. The maximum Gasteiger partial charge on any atom is 0.303 e. The van der Waals surface area contributed by atoms with Crippen LogP contribution in [0.15, 0.2) is 24.3 Å². The molecule has 1 aromatic carbocycles. The lowest BCUT2D eigenvalue weighted by Crippen LogP contribution is -2.12. The van der Waals surface area contributed by atoms with E-state index in [2.05, 4.69) is 11.6 Å². The van der Waals surface area contributed by atoms with Crippen molar-refractivity contribution >= 4 is 29.3 Å². The molecule has 2 N–H and O–H groups in total. The van der Waals surface area contributed by atoms with Gasteiger partial charge in [-0.25, -0.2) is 0 Å². The lowest BCUT2D eigenvalue weighted by molar-refractivity contribution is -0.137. The third-order valence-electron chi connectivity index (χ3n) is 5.71. The molecule has 0 saturated carbocycles. The largest absolute Gasteiger partial charge is 0.491 e. The van der Waals surface area contributed by atoms with Gasteiger partial charge in [-0.1, -0.05) is 82.8 Å². The molecule has 0 fully saturated rings. The highest BCUT2D eigenvalue weighted by atomic mass is 32.2. The number of anilines is 1. The van der Waals surface area contributed by atoms with Gasteiger partial charge in [-0.05, 0) is 43.4 Å². The van der Waals surface area contributed by atoms with Crippen LogP contribution in [0.1, 0.15) is 103 Å². The summed E-state index contributed by atoms with van der Waals surface area (Å²) in [5.74, 6) is 1.07. The van der Waals surface area contributed by atoms with Gasteiger partial charge in [0.15, 0.2) is 0 Å². The number of nitrogens with one attached hydrogen (secondary N) is 1. The Morgan fingerprint density at radius 1 is 0.788 bits per heavy atom. The van der Waals surface area contributed by atoms with Crippen LogP contribution >= 0.6 is 11.8 Å². The van der Waals surface area contributed by atoms with E-state index in [4.69, 9.17) is 9.84 Å². The van der Waals surface area contributed by atoms with E-state index < -0.39 is 5.97 Å². The standard InChI is InChI=1S/C27H45NO4S/c1-33-23-16-12-10-8-6-4-2-3-5-7-9-11-13-20-26(29)28-24-18-14-15-19-25(24)32-22-17-21-27(30)31/h14-15,18-19H,2-13,16-17,20-23H2,1H3,(H,28,29)(H,30,31). The fraction of sp³-hybridized carbons (Fsp3) is 0.704. The molecule has 0 aromatic heterocycles. The van der Waals surface area contributed by atoms with Crippen molar-refractivity contribution in [1.82, 2.24) is 0 Å². The minimum Gasteiger partial charge on any atom is -0.491 e. The van der Waals surface area contributed by atoms with Crippen molar-refractivity contribution in [1.29, 1.82) is 0 Å². The van der Waals surface area contributed by atoms with Gasteiger partial charge in [0, 0.05) is 12.8 Å². The lowest BCUT2D eigenvalue weighted by Gasteiger charge is -2.12. The van der Waals surface area contributed by atoms with Crippen LogP contribution < -0.4 is 10.1 Å². The Balaban J connectivity index is 1.99. The zero-order chi connectivity index (χ0) is 24.0. The number of unbranched alkanes of at least 4 members (excludes halogenated alkanes) is 12. The summed E-state index contributed by atoms with van der Waals surface area (Å²) in [4.78, 5) is 22.9. The number of carbonyl (C=O) groups excluding carboxylic acids is 1. The fourth-order valence-corrected chi connectivity index (χ4v) is 4.28. The minimum atomic E-state index is -0.830. The zero-order valence-corrected chi connectivity index (χ0v) is 21.4. The molecule has 0 bridgehead atoms. The number of benzene rings is 1. The number of hydrogen-bond acceptors (Lipinski definition) is 4. The molecule has 5 nitrogen and oxygen atoms in total. The van der Waals surface area contributed by atoms with Crippen LogP contribution in [-0.2, 0) is 9.59 Å². The summed E-state index contributed by atoms with van der Waals surface area (Å²) < 4.78 is 5.64. The monoisotopic (exact) mass is 479 g/mol. The summed E-state index contributed by atoms with van der Waals surface area (Å²) in [6.45, 7) is 0.317. The molecule has 0 aliphatic heterocycles. The molecule has 0 saturated heterocycles. The summed E-state index contributed by atoms with van der Waals surface area (Å²) in [6, 6.07) is 7.31. The number of aliphatic carboxylic acids is 1. The van der Waals surface area contributed by atoms with Gasteiger partial charge in [-0.3, -0.25) is 9.59 Å². The van der Waals surface area contributed by atoms with Gasteiger partial charge in [0.25, 0.3) is 0 Å². The molecule has 0 unspecified atom stereocenters. The van der Waals surface area contributed by atoms with Crippen LogP contribution in [0.5, 0.6) is 5.75 Å². The Morgan fingerprint density at radius 3 is 1.91 bits per heavy atom. The van der Waals surface area contributed by atoms with Crippen LogP contribution in [0, 0.1) is 0 Å². The molecule has 1 aromatic rings. The Kier molecular flexibility index (Phi) is 18.6. The average Bonchev–Trinajstić information content (AvgIpc) is 2.80. The third kappa shape index (κ3) is 17.5. The first-order valence-electron chi connectivity index (χ1n) is 12.9. The average molecular weight is 480 g/mol. The van der Waals surface area contributed by atoms with Crippen LogP contribution in [-0.4, -0.2) is 35.6 Å². The van der Waals surface area contributed by atoms with E-state index in [-0.39, 0.29) is 12.3 Å². The van der Waals surface area contributed by atoms with Crippen molar-refractivity contribution < 1.29 is 19.4 Å². The maximum atomic E-state index is 12.3. The van der Waals surface area contributed by atoms with E-state index in [1.165, 1.54) is 76.4 Å². The molecule has 0 radical (unpaired) electrons. The van der Waals surface area contributed by atoms with Crippen molar-refractivity contribution in [2.75, 3.05) is 23.9 Å². The molecule has 0 aliphatic rings. The second kappa shape index (κ2) is 20.9. The van der Waals surface area contributed by atoms with E-state index >= 15 is 0 Å². The number of ether oxygens (including phenoxy) is 1. The van der Waals surface area contributed by atoms with Crippen molar-refractivity contribution in [3.8, 4) is 5.75 Å². The van der Waals surface area contributed by atoms with Gasteiger partial charge in [0.1, 0.15) is 5.75 Å². The van der Waals surface area contributed by atoms with E-state index in [9.17, 15) is 9.59 Å². The van der Waals surface area contributed by atoms with E-state index in [0.29, 0.717) is 30.9 Å². The highest BCUT2D eigenvalue weighted by molar-refractivity contribution is 7.98. The molecule has 0 heterocycles. The molecule has 33 heavy (non-hydrogen) atoms.